The summed E-state index contributed by atoms with van der Waals surface area (Å²) >= 11 is 0. The van der Waals surface area contributed by atoms with Gasteiger partial charge in [-0.15, -0.1) is 0 Å². The van der Waals surface area contributed by atoms with Gasteiger partial charge in [-0.2, -0.15) is 0 Å². The van der Waals surface area contributed by atoms with E-state index in [1.54, 1.807) is 6.20 Å². The fourth-order valence-electron chi connectivity index (χ4n) is 3.81. The van der Waals surface area contributed by atoms with Crippen LogP contribution >= 0.6 is 0 Å². The van der Waals surface area contributed by atoms with Gasteiger partial charge < -0.3 is 10.6 Å². The van der Waals surface area contributed by atoms with Gasteiger partial charge in [-0.25, -0.2) is 4.98 Å². The molecule has 3 heterocycles. The van der Waals surface area contributed by atoms with Crippen molar-refractivity contribution >= 4 is 11.7 Å². The monoisotopic (exact) mass is 302 g/mol. The summed E-state index contributed by atoms with van der Waals surface area (Å²) in [5, 5.41) is 0. The molecule has 1 aromatic rings. The summed E-state index contributed by atoms with van der Waals surface area (Å²) in [4.78, 5) is 20.6. The van der Waals surface area contributed by atoms with Crippen LogP contribution < -0.4 is 5.73 Å². The van der Waals surface area contributed by atoms with Crippen LogP contribution in [0.15, 0.2) is 18.3 Å². The number of nitrogens with zero attached hydrogens (tertiary/aromatic N) is 3. The smallest absolute Gasteiger partial charge is 0.222 e. The summed E-state index contributed by atoms with van der Waals surface area (Å²) in [5.74, 6) is 0.974. The Kier molecular flexibility index (Phi) is 4.34. The largest absolute Gasteiger partial charge is 0.383 e. The van der Waals surface area contributed by atoms with Crippen molar-refractivity contribution in [3.63, 3.8) is 0 Å². The number of pyridine rings is 1. The van der Waals surface area contributed by atoms with Gasteiger partial charge in [0.25, 0.3) is 0 Å². The van der Waals surface area contributed by atoms with Crippen molar-refractivity contribution < 1.29 is 4.79 Å². The Morgan fingerprint density at radius 2 is 2.09 bits per heavy atom. The standard InChI is InChI=1S/C17H26N4O/c1-2-21-13-17(6-5-15(21)22)7-10-20(11-8-17)12-14-4-3-9-19-16(14)18/h3-4,9H,2,5-8,10-13H2,1H3,(H2,18,19). The molecule has 0 bridgehead atoms. The molecule has 5 nitrogen and oxygen atoms in total. The van der Waals surface area contributed by atoms with Gasteiger partial charge in [0.05, 0.1) is 0 Å². The minimum Gasteiger partial charge on any atom is -0.383 e. The number of nitrogen functional groups attached to an aromatic ring is 1. The molecule has 2 fully saturated rings. The maximum absolute atomic E-state index is 11.9. The van der Waals surface area contributed by atoms with Crippen molar-refractivity contribution in [3.05, 3.63) is 23.9 Å². The van der Waals surface area contributed by atoms with Gasteiger partial charge in [-0.1, -0.05) is 6.07 Å². The summed E-state index contributed by atoms with van der Waals surface area (Å²) in [6, 6.07) is 4.01. The highest BCUT2D eigenvalue weighted by atomic mass is 16.2. The highest BCUT2D eigenvalue weighted by molar-refractivity contribution is 5.77. The minimum absolute atomic E-state index is 0.332. The molecule has 0 unspecified atom stereocenters. The number of anilines is 1. The third kappa shape index (κ3) is 3.09. The van der Waals surface area contributed by atoms with Crippen LogP contribution in [0.25, 0.3) is 0 Å². The van der Waals surface area contributed by atoms with Crippen LogP contribution in [0, 0.1) is 5.41 Å². The van der Waals surface area contributed by atoms with E-state index >= 15 is 0 Å². The van der Waals surface area contributed by atoms with Gasteiger partial charge >= 0.3 is 0 Å². The lowest BCUT2D eigenvalue weighted by Gasteiger charge is -2.47. The van der Waals surface area contributed by atoms with Crippen LogP contribution in [-0.2, 0) is 11.3 Å². The Hall–Kier alpha value is -1.62. The minimum atomic E-state index is 0.332. The molecule has 0 atom stereocenters. The summed E-state index contributed by atoms with van der Waals surface area (Å²) in [6.45, 7) is 6.92. The van der Waals surface area contributed by atoms with E-state index in [0.717, 1.165) is 51.1 Å². The zero-order chi connectivity index (χ0) is 15.6. The average Bonchev–Trinajstić information content (AvgIpc) is 2.54. The Morgan fingerprint density at radius 1 is 1.32 bits per heavy atom. The zero-order valence-corrected chi connectivity index (χ0v) is 13.4. The molecule has 2 aliphatic rings. The number of piperidine rings is 2. The van der Waals surface area contributed by atoms with Gasteiger partial charge in [0.1, 0.15) is 5.82 Å². The number of carbonyl (C=O) groups excluding carboxylic acids is 1. The second-order valence-corrected chi connectivity index (χ2v) is 6.73. The summed E-state index contributed by atoms with van der Waals surface area (Å²) in [7, 11) is 0. The molecule has 3 rings (SSSR count). The maximum atomic E-state index is 11.9. The molecule has 0 saturated carbocycles. The van der Waals surface area contributed by atoms with Gasteiger partial charge in [-0.3, -0.25) is 9.69 Å². The Bertz CT molecular complexity index is 537. The van der Waals surface area contributed by atoms with E-state index in [1.165, 1.54) is 12.8 Å². The van der Waals surface area contributed by atoms with Gasteiger partial charge in [-0.05, 0) is 50.8 Å². The summed E-state index contributed by atoms with van der Waals surface area (Å²) in [6.07, 6.45) is 5.88. The van der Waals surface area contributed by atoms with Crippen molar-refractivity contribution in [1.29, 1.82) is 0 Å². The second-order valence-electron chi connectivity index (χ2n) is 6.73. The molecule has 2 saturated heterocycles. The topological polar surface area (TPSA) is 62.5 Å². The van der Waals surface area contributed by atoms with E-state index in [2.05, 4.69) is 22.9 Å². The Morgan fingerprint density at radius 3 is 2.77 bits per heavy atom. The summed E-state index contributed by atoms with van der Waals surface area (Å²) < 4.78 is 0. The van der Waals surface area contributed by atoms with E-state index in [9.17, 15) is 4.79 Å². The molecule has 1 aromatic heterocycles. The highest BCUT2D eigenvalue weighted by Crippen LogP contribution is 2.40. The average molecular weight is 302 g/mol. The van der Waals surface area contributed by atoms with Crippen molar-refractivity contribution in [1.82, 2.24) is 14.8 Å². The number of nitrogens with two attached hydrogens (primary N) is 1. The maximum Gasteiger partial charge on any atom is 0.222 e. The van der Waals surface area contributed by atoms with Crippen molar-refractivity contribution in [2.45, 2.75) is 39.2 Å². The first-order valence-corrected chi connectivity index (χ1v) is 8.31. The van der Waals surface area contributed by atoms with Crippen LogP contribution in [-0.4, -0.2) is 46.9 Å². The molecule has 0 radical (unpaired) electrons. The van der Waals surface area contributed by atoms with E-state index in [-0.39, 0.29) is 0 Å². The van der Waals surface area contributed by atoms with Crippen LogP contribution in [0.5, 0.6) is 0 Å². The molecule has 2 N–H and O–H groups in total. The molecule has 0 aromatic carbocycles. The zero-order valence-electron chi connectivity index (χ0n) is 13.4. The van der Waals surface area contributed by atoms with Crippen LogP contribution in [0.1, 0.15) is 38.2 Å². The Labute approximate surface area is 132 Å². The van der Waals surface area contributed by atoms with E-state index in [4.69, 9.17) is 5.73 Å². The number of hydrogen-bond acceptors (Lipinski definition) is 4. The lowest BCUT2D eigenvalue weighted by atomic mass is 9.72. The highest BCUT2D eigenvalue weighted by Gasteiger charge is 2.40. The quantitative estimate of drug-likeness (QED) is 0.926. The summed E-state index contributed by atoms with van der Waals surface area (Å²) in [5.41, 5.74) is 7.41. The number of likely N-dealkylation sites (tertiary alicyclic amines) is 2. The fraction of sp³-hybridized carbons (Fsp3) is 0.647. The lowest BCUT2D eigenvalue weighted by Crippen LogP contribution is -2.51. The van der Waals surface area contributed by atoms with Gasteiger partial charge in [0.15, 0.2) is 0 Å². The molecule has 1 amide bonds. The molecular formula is C17H26N4O. The Balaban J connectivity index is 1.58. The third-order valence-electron chi connectivity index (χ3n) is 5.37. The predicted octanol–water partition coefficient (Wildman–Crippen LogP) is 1.89. The van der Waals surface area contributed by atoms with E-state index < -0.39 is 0 Å². The van der Waals surface area contributed by atoms with E-state index in [0.29, 0.717) is 17.1 Å². The van der Waals surface area contributed by atoms with Crippen molar-refractivity contribution in [3.8, 4) is 0 Å². The van der Waals surface area contributed by atoms with Gasteiger partial charge in [0.2, 0.25) is 5.91 Å². The number of amides is 1. The molecule has 5 heteroatoms. The van der Waals surface area contributed by atoms with Crippen molar-refractivity contribution in [2.75, 3.05) is 31.9 Å². The first kappa shape index (κ1) is 15.3. The van der Waals surface area contributed by atoms with Crippen LogP contribution in [0.2, 0.25) is 0 Å². The number of rotatable bonds is 3. The number of hydrogen-bond donors (Lipinski definition) is 1. The number of carbonyl (C=O) groups is 1. The van der Waals surface area contributed by atoms with Crippen molar-refractivity contribution in [2.24, 2.45) is 5.41 Å². The van der Waals surface area contributed by atoms with E-state index in [1.807, 2.05) is 11.0 Å². The molecule has 2 aliphatic heterocycles. The van der Waals surface area contributed by atoms with Gasteiger partial charge in [0, 0.05) is 37.8 Å². The predicted molar refractivity (Wildman–Crippen MR) is 87.1 cm³/mol. The SMILES string of the molecule is CCN1CC2(CCC1=O)CCN(Cc1cccnc1N)CC2. The first-order chi connectivity index (χ1) is 10.6. The fourth-order valence-corrected chi connectivity index (χ4v) is 3.81. The molecular weight excluding hydrogens is 276 g/mol. The van der Waals surface area contributed by atoms with Crippen LogP contribution in [0.3, 0.4) is 0 Å². The third-order valence-corrected chi connectivity index (χ3v) is 5.37. The molecule has 1 spiro atoms. The normalized spacial score (nSPS) is 22.2. The lowest BCUT2D eigenvalue weighted by molar-refractivity contribution is -0.138. The second kappa shape index (κ2) is 6.24. The first-order valence-electron chi connectivity index (χ1n) is 8.31. The molecule has 0 aliphatic carbocycles. The number of aromatic nitrogens is 1. The van der Waals surface area contributed by atoms with Crippen LogP contribution in [0.4, 0.5) is 5.82 Å². The molecule has 22 heavy (non-hydrogen) atoms. The molecule has 120 valence electrons.